The molecule has 0 N–H and O–H groups in total. The summed E-state index contributed by atoms with van der Waals surface area (Å²) in [6.45, 7) is 0. The first-order valence-electron chi connectivity index (χ1n) is 5.62. The molecule has 20 heavy (non-hydrogen) atoms. The number of aldehydes is 1. The third-order valence-electron chi connectivity index (χ3n) is 2.52. The van der Waals surface area contributed by atoms with E-state index in [0.29, 0.717) is 11.8 Å². The number of nitrogens with zero attached hydrogens (tertiary/aromatic N) is 1. The Hall–Kier alpha value is -3.02. The highest BCUT2D eigenvalue weighted by Gasteiger charge is 2.11. The Morgan fingerprint density at radius 3 is 2.45 bits per heavy atom. The van der Waals surface area contributed by atoms with Crippen LogP contribution in [0.4, 0.5) is 5.69 Å². The minimum absolute atomic E-state index is 0.107. The summed E-state index contributed by atoms with van der Waals surface area (Å²) in [5, 5.41) is 10.5. The lowest BCUT2D eigenvalue weighted by atomic mass is 10.2. The Morgan fingerprint density at radius 2 is 1.85 bits per heavy atom. The zero-order valence-corrected chi connectivity index (χ0v) is 10.2. The van der Waals surface area contributed by atoms with Gasteiger partial charge in [0.25, 0.3) is 5.69 Å². The fraction of sp³-hybridized carbons (Fsp3) is 0. The van der Waals surface area contributed by atoms with Crippen molar-refractivity contribution < 1.29 is 19.2 Å². The van der Waals surface area contributed by atoms with Crippen molar-refractivity contribution in [3.8, 4) is 5.75 Å². The third kappa shape index (κ3) is 3.05. The van der Waals surface area contributed by atoms with Crippen LogP contribution in [0.3, 0.4) is 0 Å². The SMILES string of the molecule is O=Cc1cccc(OC(=O)c2ccc([N+](=O)[O-])cc2)c1. The van der Waals surface area contributed by atoms with Gasteiger partial charge in [0.2, 0.25) is 0 Å². The summed E-state index contributed by atoms with van der Waals surface area (Å²) >= 11 is 0. The highest BCUT2D eigenvalue weighted by atomic mass is 16.6. The van der Waals surface area contributed by atoms with E-state index in [0.717, 1.165) is 0 Å². The highest BCUT2D eigenvalue weighted by molar-refractivity contribution is 5.91. The molecule has 0 aliphatic carbocycles. The van der Waals surface area contributed by atoms with Crippen molar-refractivity contribution in [2.45, 2.75) is 0 Å². The predicted octanol–water partition coefficient (Wildman–Crippen LogP) is 2.63. The average molecular weight is 271 g/mol. The number of non-ortho nitro benzene ring substituents is 1. The maximum absolute atomic E-state index is 11.8. The number of ether oxygens (including phenoxy) is 1. The molecule has 2 rings (SSSR count). The van der Waals surface area contributed by atoms with Gasteiger partial charge in [-0.1, -0.05) is 12.1 Å². The van der Waals surface area contributed by atoms with Gasteiger partial charge in [-0.15, -0.1) is 0 Å². The number of benzene rings is 2. The monoisotopic (exact) mass is 271 g/mol. The Morgan fingerprint density at radius 1 is 1.15 bits per heavy atom. The molecule has 6 heteroatoms. The maximum atomic E-state index is 11.8. The molecule has 0 saturated carbocycles. The quantitative estimate of drug-likeness (QED) is 0.280. The van der Waals surface area contributed by atoms with Gasteiger partial charge in [0.1, 0.15) is 12.0 Å². The van der Waals surface area contributed by atoms with E-state index in [9.17, 15) is 19.7 Å². The highest BCUT2D eigenvalue weighted by Crippen LogP contribution is 2.16. The van der Waals surface area contributed by atoms with Gasteiger partial charge in [0.15, 0.2) is 0 Å². The second-order valence-corrected chi connectivity index (χ2v) is 3.88. The van der Waals surface area contributed by atoms with Crippen molar-refractivity contribution in [1.82, 2.24) is 0 Å². The molecule has 0 atom stereocenters. The van der Waals surface area contributed by atoms with Crippen LogP contribution in [0, 0.1) is 10.1 Å². The van der Waals surface area contributed by atoms with Crippen LogP contribution in [-0.2, 0) is 0 Å². The molecule has 0 spiro atoms. The molecule has 0 radical (unpaired) electrons. The van der Waals surface area contributed by atoms with E-state index in [1.54, 1.807) is 12.1 Å². The molecule has 2 aromatic carbocycles. The molecule has 0 aliphatic rings. The summed E-state index contributed by atoms with van der Waals surface area (Å²) in [5.74, 6) is -0.416. The Labute approximate surface area is 113 Å². The average Bonchev–Trinajstić information content (AvgIpc) is 2.47. The fourth-order valence-electron chi connectivity index (χ4n) is 1.54. The smallest absolute Gasteiger partial charge is 0.343 e. The van der Waals surface area contributed by atoms with Crippen LogP contribution < -0.4 is 4.74 Å². The molecule has 0 aliphatic heterocycles. The minimum Gasteiger partial charge on any atom is -0.423 e. The molecule has 0 heterocycles. The van der Waals surface area contributed by atoms with E-state index < -0.39 is 10.9 Å². The third-order valence-corrected chi connectivity index (χ3v) is 2.52. The predicted molar refractivity (Wildman–Crippen MR) is 69.9 cm³/mol. The minimum atomic E-state index is -0.650. The first-order valence-corrected chi connectivity index (χ1v) is 5.62. The Kier molecular flexibility index (Phi) is 3.85. The fourth-order valence-corrected chi connectivity index (χ4v) is 1.54. The molecule has 0 amide bonds. The van der Waals surface area contributed by atoms with Crippen molar-refractivity contribution in [2.24, 2.45) is 0 Å². The molecule has 0 unspecified atom stereocenters. The lowest BCUT2D eigenvalue weighted by molar-refractivity contribution is -0.384. The summed E-state index contributed by atoms with van der Waals surface area (Å²) in [6.07, 6.45) is 0.642. The number of hydrogen-bond acceptors (Lipinski definition) is 5. The van der Waals surface area contributed by atoms with Crippen molar-refractivity contribution >= 4 is 17.9 Å². The van der Waals surface area contributed by atoms with Crippen LogP contribution in [0.5, 0.6) is 5.75 Å². The van der Waals surface area contributed by atoms with Crippen molar-refractivity contribution in [1.29, 1.82) is 0 Å². The number of nitro benzene ring substituents is 1. The van der Waals surface area contributed by atoms with E-state index in [1.165, 1.54) is 36.4 Å². The molecule has 2 aromatic rings. The summed E-state index contributed by atoms with van der Waals surface area (Å²) in [5.41, 5.74) is 0.468. The van der Waals surface area contributed by atoms with Crippen LogP contribution in [0.25, 0.3) is 0 Å². The number of esters is 1. The Balaban J connectivity index is 2.15. The van der Waals surface area contributed by atoms with Gasteiger partial charge >= 0.3 is 5.97 Å². The molecular weight excluding hydrogens is 262 g/mol. The number of nitro groups is 1. The number of hydrogen-bond donors (Lipinski definition) is 0. The topological polar surface area (TPSA) is 86.5 Å². The number of carbonyl (C=O) groups excluding carboxylic acids is 2. The number of carbonyl (C=O) groups is 2. The van der Waals surface area contributed by atoms with Gasteiger partial charge in [-0.25, -0.2) is 4.79 Å². The summed E-state index contributed by atoms with van der Waals surface area (Å²) < 4.78 is 5.08. The lowest BCUT2D eigenvalue weighted by Crippen LogP contribution is -2.08. The van der Waals surface area contributed by atoms with E-state index in [1.807, 2.05) is 0 Å². The molecule has 6 nitrogen and oxygen atoms in total. The van der Waals surface area contributed by atoms with Gasteiger partial charge in [0, 0.05) is 17.7 Å². The maximum Gasteiger partial charge on any atom is 0.343 e. The lowest BCUT2D eigenvalue weighted by Gasteiger charge is -2.04. The van der Waals surface area contributed by atoms with Gasteiger partial charge in [-0.3, -0.25) is 14.9 Å². The summed E-state index contributed by atoms with van der Waals surface area (Å²) in [7, 11) is 0. The summed E-state index contributed by atoms with van der Waals surface area (Å²) in [4.78, 5) is 32.4. The van der Waals surface area contributed by atoms with Crippen molar-refractivity contribution in [3.63, 3.8) is 0 Å². The van der Waals surface area contributed by atoms with Crippen LogP contribution in [-0.4, -0.2) is 17.2 Å². The number of rotatable bonds is 4. The second kappa shape index (κ2) is 5.75. The molecule has 0 fully saturated rings. The van der Waals surface area contributed by atoms with E-state index in [2.05, 4.69) is 0 Å². The van der Waals surface area contributed by atoms with Crippen LogP contribution >= 0.6 is 0 Å². The first-order chi connectivity index (χ1) is 9.60. The first kappa shape index (κ1) is 13.4. The largest absolute Gasteiger partial charge is 0.423 e. The molecule has 0 saturated heterocycles. The van der Waals surface area contributed by atoms with Crippen molar-refractivity contribution in [3.05, 3.63) is 69.8 Å². The van der Waals surface area contributed by atoms with Gasteiger partial charge < -0.3 is 4.74 Å². The molecule has 0 aromatic heterocycles. The zero-order chi connectivity index (χ0) is 14.5. The molecular formula is C14H9NO5. The van der Waals surface area contributed by atoms with Gasteiger partial charge in [0.05, 0.1) is 10.5 Å². The van der Waals surface area contributed by atoms with E-state index in [-0.39, 0.29) is 17.0 Å². The van der Waals surface area contributed by atoms with Gasteiger partial charge in [-0.05, 0) is 24.3 Å². The van der Waals surface area contributed by atoms with Crippen molar-refractivity contribution in [2.75, 3.05) is 0 Å². The van der Waals surface area contributed by atoms with E-state index in [4.69, 9.17) is 4.74 Å². The van der Waals surface area contributed by atoms with Crippen LogP contribution in [0.1, 0.15) is 20.7 Å². The van der Waals surface area contributed by atoms with Crippen LogP contribution in [0.15, 0.2) is 48.5 Å². The Bertz CT molecular complexity index is 664. The second-order valence-electron chi connectivity index (χ2n) is 3.88. The molecule has 0 bridgehead atoms. The normalized spacial score (nSPS) is 9.80. The summed E-state index contributed by atoms with van der Waals surface area (Å²) in [6, 6.07) is 11.2. The molecule has 100 valence electrons. The van der Waals surface area contributed by atoms with E-state index >= 15 is 0 Å². The van der Waals surface area contributed by atoms with Crippen LogP contribution in [0.2, 0.25) is 0 Å². The zero-order valence-electron chi connectivity index (χ0n) is 10.2. The van der Waals surface area contributed by atoms with Gasteiger partial charge in [-0.2, -0.15) is 0 Å². The standard InChI is InChI=1S/C14H9NO5/c16-9-10-2-1-3-13(8-10)20-14(17)11-4-6-12(7-5-11)15(18)19/h1-9H.